The van der Waals surface area contributed by atoms with Crippen LogP contribution in [0.5, 0.6) is 0 Å². The van der Waals surface area contributed by atoms with Gasteiger partial charge in [-0.05, 0) is 18.8 Å². The van der Waals surface area contributed by atoms with Crippen LogP contribution in [0, 0.1) is 11.3 Å². The highest BCUT2D eigenvalue weighted by molar-refractivity contribution is 7.51. The third-order valence-electron chi connectivity index (χ3n) is 3.52. The van der Waals surface area contributed by atoms with Crippen molar-refractivity contribution in [2.45, 2.75) is 45.2 Å². The molecular weight excluding hydrogens is 353 g/mol. The smallest absolute Gasteiger partial charge is 0.326 e. The number of carbonyl (C=O) groups excluding carboxylic acids is 2. The summed E-state index contributed by atoms with van der Waals surface area (Å²) < 4.78 is 10.9. The maximum Gasteiger partial charge on any atom is 0.326 e. The van der Waals surface area contributed by atoms with Crippen molar-refractivity contribution < 1.29 is 29.1 Å². The zero-order valence-electron chi connectivity index (χ0n) is 14.4. The summed E-state index contributed by atoms with van der Waals surface area (Å²) in [5.74, 6) is -1.80. The van der Waals surface area contributed by atoms with E-state index in [1.807, 2.05) is 0 Å². The van der Waals surface area contributed by atoms with Crippen molar-refractivity contribution >= 4 is 25.2 Å². The van der Waals surface area contributed by atoms with Gasteiger partial charge in [-0.3, -0.25) is 24.8 Å². The van der Waals surface area contributed by atoms with Gasteiger partial charge in [-0.1, -0.05) is 13.8 Å². The number of nitrogens with zero attached hydrogens (tertiary/aromatic N) is 1. The number of hydrogen-bond donors (Lipinski definition) is 7. The largest absolute Gasteiger partial charge is 0.368 e. The van der Waals surface area contributed by atoms with Crippen LogP contribution in [0.25, 0.3) is 0 Å². The van der Waals surface area contributed by atoms with Gasteiger partial charge in [-0.15, -0.1) is 0 Å². The van der Waals surface area contributed by atoms with Gasteiger partial charge in [0.1, 0.15) is 0 Å². The minimum absolute atomic E-state index is 0.0380. The lowest BCUT2D eigenvalue weighted by molar-refractivity contribution is -0.129. The topological polar surface area (TPSA) is 203 Å². The lowest BCUT2D eigenvalue weighted by Gasteiger charge is -2.22. The van der Waals surface area contributed by atoms with Crippen molar-refractivity contribution in [2.75, 3.05) is 12.7 Å². The van der Waals surface area contributed by atoms with Crippen LogP contribution in [0.4, 0.5) is 0 Å². The second-order valence-corrected chi connectivity index (χ2v) is 7.86. The molecule has 0 aliphatic rings. The first-order valence-electron chi connectivity index (χ1n) is 7.78. The van der Waals surface area contributed by atoms with Crippen LogP contribution < -0.4 is 16.8 Å². The van der Waals surface area contributed by atoms with E-state index in [1.165, 1.54) is 0 Å². The number of hydroxylamine groups is 2. The highest BCUT2D eigenvalue weighted by Crippen LogP contribution is 2.35. The highest BCUT2D eigenvalue weighted by Gasteiger charge is 2.26. The molecule has 1 amide bonds. The Kier molecular flexibility index (Phi) is 9.83. The second kappa shape index (κ2) is 10.5. The Hall–Kier alpha value is -1.52. The summed E-state index contributed by atoms with van der Waals surface area (Å²) in [4.78, 5) is 42.0. The molecule has 0 fully saturated rings. The van der Waals surface area contributed by atoms with E-state index in [4.69, 9.17) is 26.7 Å². The zero-order valence-corrected chi connectivity index (χ0v) is 15.3. The van der Waals surface area contributed by atoms with Gasteiger partial charge >= 0.3 is 7.60 Å². The number of Topliss-reactive ketones (excluding diaryl/α,β-unsaturated/α-hetero) is 1. The number of guanidine groups is 1. The Bertz CT molecular complexity index is 523. The summed E-state index contributed by atoms with van der Waals surface area (Å²) >= 11 is 0. The number of hydrogen-bond acceptors (Lipinski definition) is 6. The Morgan fingerprint density at radius 1 is 1.32 bits per heavy atom. The Labute approximate surface area is 146 Å². The summed E-state index contributed by atoms with van der Waals surface area (Å²) in [6.45, 7) is 3.44. The van der Waals surface area contributed by atoms with Gasteiger partial charge < -0.3 is 26.6 Å². The van der Waals surface area contributed by atoms with Crippen molar-refractivity contribution in [3.63, 3.8) is 0 Å². The molecule has 146 valence electrons. The molecule has 0 aromatic rings. The first-order chi connectivity index (χ1) is 11.3. The zero-order chi connectivity index (χ0) is 19.8. The number of rotatable bonds is 11. The Morgan fingerprint density at radius 3 is 2.32 bits per heavy atom. The molecule has 25 heavy (non-hydrogen) atoms. The van der Waals surface area contributed by atoms with E-state index < -0.39 is 49.9 Å². The fraction of sp³-hybridized carbons (Fsp3) is 0.769. The molecule has 0 aromatic carbocycles. The van der Waals surface area contributed by atoms with Crippen LogP contribution in [0.15, 0.2) is 0 Å². The molecule has 2 atom stereocenters. The Morgan fingerprint density at radius 2 is 1.88 bits per heavy atom. The van der Waals surface area contributed by atoms with E-state index in [-0.39, 0.29) is 25.3 Å². The molecule has 12 heteroatoms. The average molecular weight is 381 g/mol. The third kappa shape index (κ3) is 10.1. The van der Waals surface area contributed by atoms with Crippen molar-refractivity contribution in [2.24, 2.45) is 17.4 Å². The van der Waals surface area contributed by atoms with Crippen LogP contribution in [0.1, 0.15) is 33.1 Å². The number of carbonyl (C=O) groups is 2. The summed E-state index contributed by atoms with van der Waals surface area (Å²) in [6, 6.07) is -1.83. The van der Waals surface area contributed by atoms with Crippen LogP contribution in [-0.4, -0.2) is 62.5 Å². The molecule has 11 nitrogen and oxygen atoms in total. The molecule has 9 N–H and O–H groups in total. The fourth-order valence-electron chi connectivity index (χ4n) is 1.88. The van der Waals surface area contributed by atoms with E-state index in [0.29, 0.717) is 5.06 Å². The molecule has 0 aliphatic heterocycles. The van der Waals surface area contributed by atoms with Crippen molar-refractivity contribution in [3.05, 3.63) is 0 Å². The van der Waals surface area contributed by atoms with Crippen molar-refractivity contribution in [1.82, 2.24) is 10.4 Å². The first kappa shape index (κ1) is 23.5. The molecule has 0 bridgehead atoms. The van der Waals surface area contributed by atoms with Gasteiger partial charge in [0.15, 0.2) is 5.78 Å². The summed E-state index contributed by atoms with van der Waals surface area (Å²) in [6.07, 6.45) is -0.712. The maximum absolute atomic E-state index is 12.2. The number of nitrogens with one attached hydrogen (secondary N) is 2. The summed E-state index contributed by atoms with van der Waals surface area (Å²) in [5.41, 5.74) is 10.8. The van der Waals surface area contributed by atoms with Crippen molar-refractivity contribution in [1.29, 1.82) is 5.41 Å². The van der Waals surface area contributed by atoms with Gasteiger partial charge in [-0.25, -0.2) is 5.06 Å². The second-order valence-electron chi connectivity index (χ2n) is 6.09. The molecule has 0 rings (SSSR count). The number of amides is 1. The number of ketones is 1. The standard InChI is InChI=1S/C13H28N5O6P/c1-8(2)11(14)12(20)17-9(4-3-6-18(21)13(15)16)10(19)5-7-25(22,23)24/h8-9,11,21H,3-7,14H2,1-2H3,(H3,15,16)(H,17,20)(H2,22,23,24)/t9?,11-/m0/s1. The van der Waals surface area contributed by atoms with E-state index in [2.05, 4.69) is 5.32 Å². The molecular formula is C13H28N5O6P. The predicted octanol–water partition coefficient (Wildman–Crippen LogP) is -1.04. The molecule has 0 radical (unpaired) electrons. The van der Waals surface area contributed by atoms with Gasteiger partial charge in [0.25, 0.3) is 0 Å². The van der Waals surface area contributed by atoms with E-state index in [0.717, 1.165) is 0 Å². The van der Waals surface area contributed by atoms with Gasteiger partial charge in [0.05, 0.1) is 18.2 Å². The van der Waals surface area contributed by atoms with Crippen LogP contribution >= 0.6 is 7.60 Å². The summed E-state index contributed by atoms with van der Waals surface area (Å²) in [7, 11) is -4.33. The third-order valence-corrected chi connectivity index (χ3v) is 4.32. The summed E-state index contributed by atoms with van der Waals surface area (Å²) in [5, 5.41) is 19.3. The average Bonchev–Trinajstić information content (AvgIpc) is 2.49. The fourth-order valence-corrected chi connectivity index (χ4v) is 2.39. The molecule has 0 saturated heterocycles. The van der Waals surface area contributed by atoms with Gasteiger partial charge in [0, 0.05) is 13.0 Å². The van der Waals surface area contributed by atoms with E-state index >= 15 is 0 Å². The predicted molar refractivity (Wildman–Crippen MR) is 90.9 cm³/mol. The molecule has 0 spiro atoms. The highest BCUT2D eigenvalue weighted by atomic mass is 31.2. The SMILES string of the molecule is CC(C)[C@H](N)C(=O)NC(CCCN(O)C(=N)N)C(=O)CCP(=O)(O)O. The lowest BCUT2D eigenvalue weighted by Crippen LogP contribution is -2.50. The number of nitrogens with two attached hydrogens (primary N) is 2. The molecule has 1 unspecified atom stereocenters. The van der Waals surface area contributed by atoms with Crippen LogP contribution in [0.3, 0.4) is 0 Å². The van der Waals surface area contributed by atoms with Gasteiger partial charge in [0.2, 0.25) is 11.9 Å². The lowest BCUT2D eigenvalue weighted by atomic mass is 10.0. The monoisotopic (exact) mass is 381 g/mol. The first-order valence-corrected chi connectivity index (χ1v) is 9.58. The minimum Gasteiger partial charge on any atom is -0.368 e. The van der Waals surface area contributed by atoms with Crippen LogP contribution in [0.2, 0.25) is 0 Å². The quantitative estimate of drug-likeness (QED) is 0.101. The Balaban J connectivity index is 4.85. The van der Waals surface area contributed by atoms with Gasteiger partial charge in [-0.2, -0.15) is 0 Å². The molecule has 0 aromatic heterocycles. The van der Waals surface area contributed by atoms with E-state index in [9.17, 15) is 19.4 Å². The minimum atomic E-state index is -4.33. The van der Waals surface area contributed by atoms with Crippen molar-refractivity contribution in [3.8, 4) is 0 Å². The van der Waals surface area contributed by atoms with Crippen LogP contribution in [-0.2, 0) is 14.2 Å². The molecule has 0 aliphatic carbocycles. The normalized spacial score (nSPS) is 14.0. The molecule has 0 saturated carbocycles. The van der Waals surface area contributed by atoms with E-state index in [1.54, 1.807) is 13.8 Å². The maximum atomic E-state index is 12.2. The molecule has 0 heterocycles.